The lowest BCUT2D eigenvalue weighted by atomic mass is 9.85. The Hall–Kier alpha value is -2.04. The summed E-state index contributed by atoms with van der Waals surface area (Å²) in [6.45, 7) is 4.31. The zero-order chi connectivity index (χ0) is 16.2. The number of carboxylic acid groups (broad SMARTS) is 1. The molecule has 2 rings (SSSR count). The van der Waals surface area contributed by atoms with Crippen LogP contribution in [-0.2, 0) is 9.59 Å². The van der Waals surface area contributed by atoms with Crippen LogP contribution < -0.4 is 10.1 Å². The topological polar surface area (TPSA) is 75.6 Å². The minimum Gasteiger partial charge on any atom is -0.493 e. The fourth-order valence-electron chi connectivity index (χ4n) is 2.24. The first-order chi connectivity index (χ1) is 10.3. The number of carbonyl (C=O) groups is 2. The number of carboxylic acids is 1. The Balaban J connectivity index is 1.81. The van der Waals surface area contributed by atoms with Crippen LogP contribution >= 0.6 is 0 Å². The van der Waals surface area contributed by atoms with Gasteiger partial charge in [0.25, 0.3) is 0 Å². The second kappa shape index (κ2) is 6.81. The molecule has 1 aliphatic carbocycles. The van der Waals surface area contributed by atoms with Crippen molar-refractivity contribution >= 4 is 17.6 Å². The quantitative estimate of drug-likeness (QED) is 0.772. The molecule has 22 heavy (non-hydrogen) atoms. The highest BCUT2D eigenvalue weighted by atomic mass is 16.5. The van der Waals surface area contributed by atoms with Crippen molar-refractivity contribution in [1.82, 2.24) is 0 Å². The van der Waals surface area contributed by atoms with Crippen LogP contribution in [0.2, 0.25) is 0 Å². The van der Waals surface area contributed by atoms with Crippen LogP contribution in [0.4, 0.5) is 5.69 Å². The molecule has 1 aliphatic rings. The average molecular weight is 305 g/mol. The van der Waals surface area contributed by atoms with E-state index in [9.17, 15) is 9.59 Å². The third-order valence-electron chi connectivity index (χ3n) is 3.59. The molecule has 120 valence electrons. The van der Waals surface area contributed by atoms with Gasteiger partial charge in [-0.3, -0.25) is 9.59 Å². The number of anilines is 1. The minimum absolute atomic E-state index is 0.0334. The summed E-state index contributed by atoms with van der Waals surface area (Å²) in [7, 11) is 0. The van der Waals surface area contributed by atoms with Gasteiger partial charge in [0.2, 0.25) is 5.91 Å². The zero-order valence-corrected chi connectivity index (χ0v) is 13.1. The van der Waals surface area contributed by atoms with Crippen LogP contribution in [-0.4, -0.2) is 23.6 Å². The van der Waals surface area contributed by atoms with E-state index in [-0.39, 0.29) is 18.7 Å². The van der Waals surface area contributed by atoms with Gasteiger partial charge < -0.3 is 15.2 Å². The molecule has 5 heteroatoms. The third kappa shape index (κ3) is 5.76. The van der Waals surface area contributed by atoms with Gasteiger partial charge in [0.15, 0.2) is 0 Å². The van der Waals surface area contributed by atoms with Crippen molar-refractivity contribution in [3.63, 3.8) is 0 Å². The van der Waals surface area contributed by atoms with E-state index < -0.39 is 11.4 Å². The molecule has 0 unspecified atom stereocenters. The Kier molecular flexibility index (Phi) is 5.06. The van der Waals surface area contributed by atoms with Gasteiger partial charge in [-0.2, -0.15) is 0 Å². The summed E-state index contributed by atoms with van der Waals surface area (Å²) in [5, 5.41) is 11.6. The molecule has 1 amide bonds. The molecule has 0 aliphatic heterocycles. The van der Waals surface area contributed by atoms with E-state index in [0.29, 0.717) is 11.6 Å². The second-order valence-electron chi connectivity index (χ2n) is 6.74. The molecule has 0 saturated heterocycles. The van der Waals surface area contributed by atoms with Crippen LogP contribution in [0.15, 0.2) is 24.3 Å². The third-order valence-corrected chi connectivity index (χ3v) is 3.59. The molecular weight excluding hydrogens is 282 g/mol. The maximum atomic E-state index is 12.0. The predicted molar refractivity (Wildman–Crippen MR) is 83.9 cm³/mol. The maximum absolute atomic E-state index is 12.0. The van der Waals surface area contributed by atoms with Gasteiger partial charge in [0.05, 0.1) is 13.0 Å². The standard InChI is InChI=1S/C17H23NO4/c1-17(2,10-16(20)21)9-15(19)18-13-5-7-14(8-6-13)22-11-12-3-4-12/h5-8,12H,3-4,9-11H2,1-2H3,(H,18,19)(H,20,21). The number of aliphatic carboxylic acids is 1. The van der Waals surface area contributed by atoms with Gasteiger partial charge in [-0.1, -0.05) is 13.8 Å². The van der Waals surface area contributed by atoms with Crippen LogP contribution in [0.5, 0.6) is 5.75 Å². The lowest BCUT2D eigenvalue weighted by Crippen LogP contribution is -2.24. The lowest BCUT2D eigenvalue weighted by molar-refractivity contribution is -0.139. The minimum atomic E-state index is -0.894. The molecule has 2 N–H and O–H groups in total. The molecule has 1 fully saturated rings. The Morgan fingerprint density at radius 3 is 2.41 bits per heavy atom. The number of benzene rings is 1. The van der Waals surface area contributed by atoms with Gasteiger partial charge in [0.1, 0.15) is 5.75 Å². The summed E-state index contributed by atoms with van der Waals surface area (Å²) in [5.41, 5.74) is 0.123. The average Bonchev–Trinajstić information content (AvgIpc) is 3.19. The van der Waals surface area contributed by atoms with Crippen molar-refractivity contribution in [2.75, 3.05) is 11.9 Å². The van der Waals surface area contributed by atoms with Crippen LogP contribution in [0.25, 0.3) is 0 Å². The molecule has 0 bridgehead atoms. The zero-order valence-electron chi connectivity index (χ0n) is 13.1. The Bertz CT molecular complexity index is 532. The first-order valence-corrected chi connectivity index (χ1v) is 7.58. The van der Waals surface area contributed by atoms with E-state index in [1.165, 1.54) is 12.8 Å². The molecule has 1 aromatic rings. The molecule has 1 aromatic carbocycles. The van der Waals surface area contributed by atoms with Crippen molar-refractivity contribution in [3.05, 3.63) is 24.3 Å². The molecule has 5 nitrogen and oxygen atoms in total. The summed E-state index contributed by atoms with van der Waals surface area (Å²) >= 11 is 0. The number of ether oxygens (including phenoxy) is 1. The van der Waals surface area contributed by atoms with Crippen LogP contribution in [0.1, 0.15) is 39.5 Å². The monoisotopic (exact) mass is 305 g/mol. The van der Waals surface area contributed by atoms with Crippen molar-refractivity contribution < 1.29 is 19.4 Å². The number of amides is 1. The van der Waals surface area contributed by atoms with E-state index in [4.69, 9.17) is 9.84 Å². The van der Waals surface area contributed by atoms with E-state index in [1.54, 1.807) is 26.0 Å². The van der Waals surface area contributed by atoms with Crippen LogP contribution in [0, 0.1) is 11.3 Å². The van der Waals surface area contributed by atoms with Crippen molar-refractivity contribution in [2.45, 2.75) is 39.5 Å². The number of hydrogen-bond donors (Lipinski definition) is 2. The SMILES string of the molecule is CC(C)(CC(=O)O)CC(=O)Nc1ccc(OCC2CC2)cc1. The Labute approximate surface area is 130 Å². The molecule has 0 radical (unpaired) electrons. The van der Waals surface area contributed by atoms with Crippen molar-refractivity contribution in [3.8, 4) is 5.75 Å². The summed E-state index contributed by atoms with van der Waals surface area (Å²) < 4.78 is 5.64. The van der Waals surface area contributed by atoms with E-state index in [2.05, 4.69) is 5.32 Å². The molecular formula is C17H23NO4. The summed E-state index contributed by atoms with van der Waals surface area (Å²) in [6.07, 6.45) is 2.63. The largest absolute Gasteiger partial charge is 0.493 e. The van der Waals surface area contributed by atoms with E-state index in [0.717, 1.165) is 12.4 Å². The first-order valence-electron chi connectivity index (χ1n) is 7.58. The van der Waals surface area contributed by atoms with E-state index in [1.807, 2.05) is 12.1 Å². The van der Waals surface area contributed by atoms with Gasteiger partial charge in [0, 0.05) is 12.1 Å². The first kappa shape index (κ1) is 16.3. The highest BCUT2D eigenvalue weighted by Gasteiger charge is 2.25. The maximum Gasteiger partial charge on any atom is 0.303 e. The normalized spacial score (nSPS) is 14.5. The Morgan fingerprint density at radius 1 is 1.23 bits per heavy atom. The van der Waals surface area contributed by atoms with E-state index >= 15 is 0 Å². The Morgan fingerprint density at radius 2 is 1.86 bits per heavy atom. The lowest BCUT2D eigenvalue weighted by Gasteiger charge is -2.21. The van der Waals surface area contributed by atoms with Gasteiger partial charge in [-0.15, -0.1) is 0 Å². The highest BCUT2D eigenvalue weighted by molar-refractivity contribution is 5.91. The van der Waals surface area contributed by atoms with Crippen molar-refractivity contribution in [1.29, 1.82) is 0 Å². The summed E-state index contributed by atoms with van der Waals surface area (Å²) in [5.74, 6) is 0.430. The molecule has 0 atom stereocenters. The summed E-state index contributed by atoms with van der Waals surface area (Å²) in [4.78, 5) is 22.7. The predicted octanol–water partition coefficient (Wildman–Crippen LogP) is 3.30. The molecule has 0 aromatic heterocycles. The fraction of sp³-hybridized carbons (Fsp3) is 0.529. The van der Waals surface area contributed by atoms with Gasteiger partial charge in [-0.25, -0.2) is 0 Å². The molecule has 0 spiro atoms. The number of carbonyl (C=O) groups excluding carboxylic acids is 1. The number of hydrogen-bond acceptors (Lipinski definition) is 3. The second-order valence-corrected chi connectivity index (χ2v) is 6.74. The van der Waals surface area contributed by atoms with Gasteiger partial charge >= 0.3 is 5.97 Å². The number of rotatable bonds is 8. The molecule has 0 heterocycles. The number of nitrogens with one attached hydrogen (secondary N) is 1. The fourth-order valence-corrected chi connectivity index (χ4v) is 2.24. The van der Waals surface area contributed by atoms with Gasteiger partial charge in [-0.05, 0) is 48.4 Å². The molecule has 1 saturated carbocycles. The smallest absolute Gasteiger partial charge is 0.303 e. The summed E-state index contributed by atoms with van der Waals surface area (Å²) in [6, 6.07) is 7.26. The van der Waals surface area contributed by atoms with Crippen molar-refractivity contribution in [2.24, 2.45) is 11.3 Å². The highest BCUT2D eigenvalue weighted by Crippen LogP contribution is 2.30. The van der Waals surface area contributed by atoms with Crippen LogP contribution in [0.3, 0.4) is 0 Å².